The summed E-state index contributed by atoms with van der Waals surface area (Å²) in [5, 5.41) is 0.711. The first-order chi connectivity index (χ1) is 8.19. The molecule has 0 bridgehead atoms. The van der Waals surface area contributed by atoms with Crippen molar-refractivity contribution >= 4 is 11.6 Å². The van der Waals surface area contributed by atoms with Crippen molar-refractivity contribution in [1.29, 1.82) is 0 Å². The predicted molar refractivity (Wildman–Crippen MR) is 68.4 cm³/mol. The summed E-state index contributed by atoms with van der Waals surface area (Å²) in [7, 11) is 0. The number of hydrogen-bond acceptors (Lipinski definition) is 2. The molecule has 1 heterocycles. The number of imidazole rings is 1. The molecule has 90 valence electrons. The van der Waals surface area contributed by atoms with Gasteiger partial charge in [0.2, 0.25) is 0 Å². The third-order valence-corrected chi connectivity index (χ3v) is 2.75. The smallest absolute Gasteiger partial charge is 0.147 e. The molecule has 2 rings (SSSR count). The Balaban J connectivity index is 2.04. The van der Waals surface area contributed by atoms with Crippen LogP contribution >= 0.6 is 11.6 Å². The summed E-state index contributed by atoms with van der Waals surface area (Å²) in [6.07, 6.45) is 2.03. The molecule has 17 heavy (non-hydrogen) atoms. The first-order valence-corrected chi connectivity index (χ1v) is 5.98. The topological polar surface area (TPSA) is 27.1 Å². The summed E-state index contributed by atoms with van der Waals surface area (Å²) >= 11 is 5.81. The van der Waals surface area contributed by atoms with Gasteiger partial charge in [-0.15, -0.1) is 0 Å². The highest BCUT2D eigenvalue weighted by Gasteiger charge is 2.04. The molecule has 0 spiro atoms. The van der Waals surface area contributed by atoms with E-state index >= 15 is 0 Å². The Labute approximate surface area is 106 Å². The van der Waals surface area contributed by atoms with Gasteiger partial charge < -0.3 is 9.30 Å². The lowest BCUT2D eigenvalue weighted by atomic mass is 10.3. The molecule has 0 N–H and O–H groups in total. The van der Waals surface area contributed by atoms with Crippen LogP contribution in [0.15, 0.2) is 30.5 Å². The molecule has 0 unspecified atom stereocenters. The molecule has 0 atom stereocenters. The van der Waals surface area contributed by atoms with Crippen LogP contribution in [-0.2, 0) is 13.2 Å². The zero-order chi connectivity index (χ0) is 12.3. The lowest BCUT2D eigenvalue weighted by Gasteiger charge is -2.07. The number of benzene rings is 1. The van der Waals surface area contributed by atoms with Gasteiger partial charge in [0.15, 0.2) is 0 Å². The third kappa shape index (κ3) is 3.01. The van der Waals surface area contributed by atoms with Crippen LogP contribution in [-0.4, -0.2) is 9.55 Å². The van der Waals surface area contributed by atoms with Crippen LogP contribution in [0.3, 0.4) is 0 Å². The molecule has 0 saturated heterocycles. The number of hydrogen-bond donors (Lipinski definition) is 0. The first kappa shape index (κ1) is 12.0. The maximum atomic E-state index is 5.81. The zero-order valence-electron chi connectivity index (χ0n) is 9.98. The van der Waals surface area contributed by atoms with Crippen LogP contribution in [0.2, 0.25) is 5.02 Å². The van der Waals surface area contributed by atoms with Crippen LogP contribution in [0, 0.1) is 6.92 Å². The van der Waals surface area contributed by atoms with Gasteiger partial charge in [0.05, 0.1) is 5.69 Å². The highest BCUT2D eigenvalue weighted by Crippen LogP contribution is 2.16. The van der Waals surface area contributed by atoms with Gasteiger partial charge >= 0.3 is 0 Å². The number of nitrogens with zero attached hydrogens (tertiary/aromatic N) is 2. The first-order valence-electron chi connectivity index (χ1n) is 5.60. The van der Waals surface area contributed by atoms with Crippen molar-refractivity contribution < 1.29 is 4.74 Å². The minimum atomic E-state index is 0.476. The van der Waals surface area contributed by atoms with Crippen molar-refractivity contribution in [3.63, 3.8) is 0 Å². The Hall–Kier alpha value is -1.48. The Kier molecular flexibility index (Phi) is 3.69. The van der Waals surface area contributed by atoms with Gasteiger partial charge in [0, 0.05) is 17.8 Å². The van der Waals surface area contributed by atoms with Gasteiger partial charge in [-0.1, -0.05) is 11.6 Å². The van der Waals surface area contributed by atoms with E-state index in [1.54, 1.807) is 0 Å². The minimum absolute atomic E-state index is 0.476. The maximum absolute atomic E-state index is 5.81. The Bertz CT molecular complexity index is 491. The van der Waals surface area contributed by atoms with Crippen molar-refractivity contribution in [1.82, 2.24) is 9.55 Å². The van der Waals surface area contributed by atoms with Gasteiger partial charge in [-0.2, -0.15) is 0 Å². The Morgan fingerprint density at radius 1 is 1.29 bits per heavy atom. The quantitative estimate of drug-likeness (QED) is 0.831. The van der Waals surface area contributed by atoms with E-state index in [9.17, 15) is 0 Å². The average molecular weight is 251 g/mol. The molecule has 0 amide bonds. The minimum Gasteiger partial charge on any atom is -0.486 e. The van der Waals surface area contributed by atoms with E-state index < -0.39 is 0 Å². The van der Waals surface area contributed by atoms with Gasteiger partial charge in [-0.05, 0) is 38.1 Å². The number of aryl methyl sites for hydroxylation is 2. The molecule has 0 aliphatic heterocycles. The summed E-state index contributed by atoms with van der Waals surface area (Å²) in [5.41, 5.74) is 1.02. The highest BCUT2D eigenvalue weighted by atomic mass is 35.5. The predicted octanol–water partition coefficient (Wildman–Crippen LogP) is 3.44. The van der Waals surface area contributed by atoms with Crippen LogP contribution in [0.5, 0.6) is 5.75 Å². The largest absolute Gasteiger partial charge is 0.486 e. The maximum Gasteiger partial charge on any atom is 0.147 e. The van der Waals surface area contributed by atoms with E-state index in [0.717, 1.165) is 23.8 Å². The number of halogens is 1. The van der Waals surface area contributed by atoms with E-state index in [1.165, 1.54) is 0 Å². The van der Waals surface area contributed by atoms with Crippen LogP contribution < -0.4 is 4.74 Å². The van der Waals surface area contributed by atoms with Crippen molar-refractivity contribution in [2.45, 2.75) is 27.0 Å². The summed E-state index contributed by atoms with van der Waals surface area (Å²) < 4.78 is 7.75. The summed E-state index contributed by atoms with van der Waals surface area (Å²) in [6, 6.07) is 7.34. The van der Waals surface area contributed by atoms with Crippen molar-refractivity contribution in [2.75, 3.05) is 0 Å². The summed E-state index contributed by atoms with van der Waals surface area (Å²) in [4.78, 5) is 4.43. The van der Waals surface area contributed by atoms with Gasteiger partial charge in [0.25, 0.3) is 0 Å². The molecule has 0 aliphatic rings. The normalized spacial score (nSPS) is 10.5. The van der Waals surface area contributed by atoms with Gasteiger partial charge in [-0.25, -0.2) is 4.98 Å². The third-order valence-electron chi connectivity index (χ3n) is 2.50. The Morgan fingerprint density at radius 3 is 2.65 bits per heavy atom. The molecule has 0 fully saturated rings. The molecule has 1 aromatic carbocycles. The fraction of sp³-hybridized carbons (Fsp3) is 0.308. The van der Waals surface area contributed by atoms with Crippen molar-refractivity contribution in [3.05, 3.63) is 47.0 Å². The second-order valence-corrected chi connectivity index (χ2v) is 4.26. The van der Waals surface area contributed by atoms with E-state index in [-0.39, 0.29) is 0 Å². The monoisotopic (exact) mass is 250 g/mol. The van der Waals surface area contributed by atoms with Crippen molar-refractivity contribution in [2.24, 2.45) is 0 Å². The van der Waals surface area contributed by atoms with Gasteiger partial charge in [0.1, 0.15) is 18.2 Å². The second kappa shape index (κ2) is 5.23. The fourth-order valence-electron chi connectivity index (χ4n) is 1.66. The number of ether oxygens (including phenoxy) is 1. The van der Waals surface area contributed by atoms with Crippen LogP contribution in [0.25, 0.3) is 0 Å². The molecule has 0 saturated carbocycles. The van der Waals surface area contributed by atoms with E-state index in [4.69, 9.17) is 16.3 Å². The van der Waals surface area contributed by atoms with E-state index in [0.29, 0.717) is 11.6 Å². The SMILES string of the molecule is CCn1cc(C)nc1COc1ccc(Cl)cc1. The molecule has 4 heteroatoms. The average Bonchev–Trinajstić information content (AvgIpc) is 2.69. The lowest BCUT2D eigenvalue weighted by Crippen LogP contribution is -2.05. The molecule has 0 radical (unpaired) electrons. The van der Waals surface area contributed by atoms with Crippen LogP contribution in [0.4, 0.5) is 0 Å². The Morgan fingerprint density at radius 2 is 2.00 bits per heavy atom. The molecular weight excluding hydrogens is 236 g/mol. The number of aromatic nitrogens is 2. The lowest BCUT2D eigenvalue weighted by molar-refractivity contribution is 0.290. The molecule has 3 nitrogen and oxygen atoms in total. The fourth-order valence-corrected chi connectivity index (χ4v) is 1.79. The zero-order valence-corrected chi connectivity index (χ0v) is 10.7. The molecule has 2 aromatic rings. The second-order valence-electron chi connectivity index (χ2n) is 3.83. The molecular formula is C13H15ClN2O. The van der Waals surface area contributed by atoms with E-state index in [2.05, 4.69) is 16.5 Å². The summed E-state index contributed by atoms with van der Waals surface area (Å²) in [5.74, 6) is 1.75. The standard InChI is InChI=1S/C13H15ClN2O/c1-3-16-8-10(2)15-13(16)9-17-12-6-4-11(14)5-7-12/h4-8H,3,9H2,1-2H3. The highest BCUT2D eigenvalue weighted by molar-refractivity contribution is 6.30. The molecule has 1 aromatic heterocycles. The number of rotatable bonds is 4. The molecule has 0 aliphatic carbocycles. The summed E-state index contributed by atoms with van der Waals surface area (Å²) in [6.45, 7) is 5.45. The van der Waals surface area contributed by atoms with Crippen molar-refractivity contribution in [3.8, 4) is 5.75 Å². The van der Waals surface area contributed by atoms with E-state index in [1.807, 2.05) is 37.4 Å². The van der Waals surface area contributed by atoms with Gasteiger partial charge in [-0.3, -0.25) is 0 Å². The van der Waals surface area contributed by atoms with Crippen LogP contribution in [0.1, 0.15) is 18.4 Å².